The number of methoxy groups -OCH3 is 2. The molecule has 0 aliphatic heterocycles. The summed E-state index contributed by atoms with van der Waals surface area (Å²) in [6, 6.07) is 4.87. The van der Waals surface area contributed by atoms with Crippen molar-refractivity contribution in [3.63, 3.8) is 0 Å². The van der Waals surface area contributed by atoms with Crippen LogP contribution in [-0.2, 0) is 6.54 Å². The fraction of sp³-hybridized carbons (Fsp3) is 0.450. The van der Waals surface area contributed by atoms with Gasteiger partial charge < -0.3 is 24.1 Å². The molecule has 2 aromatic rings. The third-order valence-corrected chi connectivity index (χ3v) is 3.99. The van der Waals surface area contributed by atoms with Gasteiger partial charge in [0, 0.05) is 23.7 Å². The lowest BCUT2D eigenvalue weighted by molar-refractivity contribution is 0.0671. The van der Waals surface area contributed by atoms with Gasteiger partial charge in [0.1, 0.15) is 17.8 Å². The van der Waals surface area contributed by atoms with Gasteiger partial charge in [-0.25, -0.2) is 4.98 Å². The number of rotatable bonds is 8. The van der Waals surface area contributed by atoms with Gasteiger partial charge in [-0.15, -0.1) is 0 Å². The fourth-order valence-electron chi connectivity index (χ4n) is 2.56. The average Bonchev–Trinajstić information content (AvgIpc) is 3.13. The van der Waals surface area contributed by atoms with Crippen LogP contribution in [0.25, 0.3) is 0 Å². The average molecular weight is 389 g/mol. The first-order valence-electron chi connectivity index (χ1n) is 9.04. The summed E-state index contributed by atoms with van der Waals surface area (Å²) in [5, 5.41) is 2.75. The van der Waals surface area contributed by atoms with Gasteiger partial charge in [-0.2, -0.15) is 0 Å². The second kappa shape index (κ2) is 9.25. The maximum Gasteiger partial charge on any atom is 0.273 e. The Morgan fingerprint density at radius 2 is 1.71 bits per heavy atom. The van der Waals surface area contributed by atoms with Crippen molar-refractivity contribution in [1.29, 1.82) is 0 Å². The number of carbonyl (C=O) groups is 2. The van der Waals surface area contributed by atoms with Crippen LogP contribution in [0.5, 0.6) is 11.5 Å². The van der Waals surface area contributed by atoms with Crippen molar-refractivity contribution in [2.24, 2.45) is 0 Å². The van der Waals surface area contributed by atoms with E-state index in [9.17, 15) is 9.59 Å². The maximum atomic E-state index is 13.1. The van der Waals surface area contributed by atoms with Crippen molar-refractivity contribution in [2.45, 2.75) is 46.3 Å². The highest BCUT2D eigenvalue weighted by Gasteiger charge is 2.23. The number of amides is 2. The number of ether oxygens (including phenoxy) is 2. The summed E-state index contributed by atoms with van der Waals surface area (Å²) in [4.78, 5) is 30.9. The van der Waals surface area contributed by atoms with Crippen molar-refractivity contribution in [3.8, 4) is 11.5 Å². The van der Waals surface area contributed by atoms with Gasteiger partial charge in [-0.1, -0.05) is 0 Å². The van der Waals surface area contributed by atoms with Gasteiger partial charge in [0.15, 0.2) is 5.69 Å². The van der Waals surface area contributed by atoms with E-state index < -0.39 is 0 Å². The van der Waals surface area contributed by atoms with E-state index in [1.54, 1.807) is 23.1 Å². The van der Waals surface area contributed by atoms with Gasteiger partial charge >= 0.3 is 0 Å². The molecule has 0 saturated carbocycles. The second-order valence-corrected chi connectivity index (χ2v) is 6.88. The lowest BCUT2D eigenvalue weighted by atomic mass is 10.1. The van der Waals surface area contributed by atoms with E-state index in [1.165, 1.54) is 20.5 Å². The smallest absolute Gasteiger partial charge is 0.273 e. The highest BCUT2D eigenvalue weighted by atomic mass is 16.5. The number of carbonyl (C=O) groups excluding carboxylic acids is 2. The molecule has 0 atom stereocenters. The van der Waals surface area contributed by atoms with Crippen LogP contribution in [0.3, 0.4) is 0 Å². The minimum Gasteiger partial charge on any atom is -0.497 e. The molecule has 152 valence electrons. The molecule has 0 bridgehead atoms. The van der Waals surface area contributed by atoms with Gasteiger partial charge in [-0.05, 0) is 39.8 Å². The molecule has 0 spiro atoms. The predicted octanol–water partition coefficient (Wildman–Crippen LogP) is 2.88. The molecule has 8 nitrogen and oxygen atoms in total. The molecule has 28 heavy (non-hydrogen) atoms. The van der Waals surface area contributed by atoms with Crippen LogP contribution in [0, 0.1) is 0 Å². The van der Waals surface area contributed by atoms with Crippen molar-refractivity contribution in [3.05, 3.63) is 41.6 Å². The zero-order valence-electron chi connectivity index (χ0n) is 17.1. The van der Waals surface area contributed by atoms with Crippen LogP contribution in [0.2, 0.25) is 0 Å². The molecular formula is C20H27N3O5. The molecule has 0 radical (unpaired) electrons. The Morgan fingerprint density at radius 3 is 2.21 bits per heavy atom. The molecule has 0 unspecified atom stereocenters. The van der Waals surface area contributed by atoms with Crippen LogP contribution >= 0.6 is 0 Å². The van der Waals surface area contributed by atoms with Crippen molar-refractivity contribution >= 4 is 11.8 Å². The Morgan fingerprint density at radius 1 is 1.11 bits per heavy atom. The Kier molecular flexibility index (Phi) is 7.03. The van der Waals surface area contributed by atoms with Crippen molar-refractivity contribution in [2.75, 3.05) is 14.2 Å². The maximum absolute atomic E-state index is 13.1. The van der Waals surface area contributed by atoms with Crippen LogP contribution in [-0.4, -0.2) is 48.0 Å². The third kappa shape index (κ3) is 5.25. The third-order valence-electron chi connectivity index (χ3n) is 3.99. The first-order chi connectivity index (χ1) is 13.2. The Bertz CT molecular complexity index is 807. The summed E-state index contributed by atoms with van der Waals surface area (Å²) >= 11 is 0. The van der Waals surface area contributed by atoms with Gasteiger partial charge in [0.05, 0.1) is 20.8 Å². The largest absolute Gasteiger partial charge is 0.497 e. The Labute approximate surface area is 164 Å². The molecular weight excluding hydrogens is 362 g/mol. The van der Waals surface area contributed by atoms with Crippen LogP contribution < -0.4 is 14.8 Å². The molecule has 2 rings (SSSR count). The lowest BCUT2D eigenvalue weighted by Crippen LogP contribution is -2.36. The molecule has 0 fully saturated rings. The molecule has 1 aromatic carbocycles. The predicted molar refractivity (Wildman–Crippen MR) is 104 cm³/mol. The summed E-state index contributed by atoms with van der Waals surface area (Å²) in [7, 11) is 3.06. The first-order valence-corrected chi connectivity index (χ1v) is 9.04. The number of nitrogens with zero attached hydrogens (tertiary/aromatic N) is 2. The molecule has 1 aromatic heterocycles. The van der Waals surface area contributed by atoms with E-state index in [0.29, 0.717) is 17.1 Å². The number of benzene rings is 1. The summed E-state index contributed by atoms with van der Waals surface area (Å²) < 4.78 is 15.9. The number of hydrogen-bond acceptors (Lipinski definition) is 6. The van der Waals surface area contributed by atoms with E-state index >= 15 is 0 Å². The normalized spacial score (nSPS) is 10.9. The number of hydrogen-bond donors (Lipinski definition) is 1. The minimum atomic E-state index is -0.315. The Balaban J connectivity index is 2.23. The zero-order valence-corrected chi connectivity index (χ0v) is 17.1. The molecule has 0 aliphatic rings. The monoisotopic (exact) mass is 389 g/mol. The fourth-order valence-corrected chi connectivity index (χ4v) is 2.56. The summed E-state index contributed by atoms with van der Waals surface area (Å²) in [5.41, 5.74) is 0.608. The van der Waals surface area contributed by atoms with E-state index in [1.807, 2.05) is 27.7 Å². The summed E-state index contributed by atoms with van der Waals surface area (Å²) in [6.45, 7) is 7.64. The standard InChI is InChI=1S/C20H27N3O5/c1-12(2)21-19(24)17-11-28-18(22-17)10-23(13(3)4)20(25)14-7-15(26-5)9-16(8-14)27-6/h7-9,11-13H,10H2,1-6H3,(H,21,24). The van der Waals surface area contributed by atoms with Crippen LogP contribution in [0.1, 0.15) is 54.4 Å². The van der Waals surface area contributed by atoms with Crippen molar-refractivity contribution in [1.82, 2.24) is 15.2 Å². The lowest BCUT2D eigenvalue weighted by Gasteiger charge is -2.25. The van der Waals surface area contributed by atoms with Crippen LogP contribution in [0.15, 0.2) is 28.9 Å². The van der Waals surface area contributed by atoms with Gasteiger partial charge in [0.2, 0.25) is 5.89 Å². The molecule has 0 saturated heterocycles. The van der Waals surface area contributed by atoms with E-state index in [2.05, 4.69) is 10.3 Å². The SMILES string of the molecule is COc1cc(OC)cc(C(=O)N(Cc2nc(C(=O)NC(C)C)co2)C(C)C)c1. The number of nitrogens with one attached hydrogen (secondary N) is 1. The molecule has 1 heterocycles. The van der Waals surface area contributed by atoms with Crippen LogP contribution in [0.4, 0.5) is 0 Å². The topological polar surface area (TPSA) is 93.9 Å². The van der Waals surface area contributed by atoms with E-state index in [4.69, 9.17) is 13.9 Å². The highest BCUT2D eigenvalue weighted by Crippen LogP contribution is 2.24. The highest BCUT2D eigenvalue weighted by molar-refractivity contribution is 5.95. The number of oxazole rings is 1. The summed E-state index contributed by atoms with van der Waals surface area (Å²) in [6.07, 6.45) is 1.30. The Hall–Kier alpha value is -3.03. The van der Waals surface area contributed by atoms with Gasteiger partial charge in [-0.3, -0.25) is 9.59 Å². The first kappa shape index (κ1) is 21.3. The van der Waals surface area contributed by atoms with E-state index in [-0.39, 0.29) is 42.0 Å². The van der Waals surface area contributed by atoms with Gasteiger partial charge in [0.25, 0.3) is 11.8 Å². The molecule has 2 amide bonds. The summed E-state index contributed by atoms with van der Waals surface area (Å²) in [5.74, 6) is 0.791. The van der Waals surface area contributed by atoms with E-state index in [0.717, 1.165) is 0 Å². The second-order valence-electron chi connectivity index (χ2n) is 6.88. The number of aromatic nitrogens is 1. The molecule has 1 N–H and O–H groups in total. The molecule has 8 heteroatoms. The quantitative estimate of drug-likeness (QED) is 0.746. The zero-order chi connectivity index (χ0) is 20.8. The minimum absolute atomic E-state index is 0.00979. The molecule has 0 aliphatic carbocycles. The van der Waals surface area contributed by atoms with Crippen molar-refractivity contribution < 1.29 is 23.5 Å².